The zero-order chi connectivity index (χ0) is 23.0. The van der Waals surface area contributed by atoms with Crippen LogP contribution in [0.5, 0.6) is 0 Å². The molecule has 170 valence electrons. The first kappa shape index (κ1) is 21.6. The van der Waals surface area contributed by atoms with E-state index in [1.54, 1.807) is 29.7 Å². The Balaban J connectivity index is 1.42. The van der Waals surface area contributed by atoms with Gasteiger partial charge in [-0.25, -0.2) is 15.0 Å². The fraction of sp³-hybridized carbons (Fsp3) is 0.400. The van der Waals surface area contributed by atoms with Crippen molar-refractivity contribution >= 4 is 17.4 Å². The van der Waals surface area contributed by atoms with E-state index in [1.807, 2.05) is 39.0 Å². The molecule has 1 aromatic carbocycles. The van der Waals surface area contributed by atoms with Crippen molar-refractivity contribution in [3.05, 3.63) is 60.1 Å². The monoisotopic (exact) mass is 444 g/mol. The molecule has 8 heteroatoms. The van der Waals surface area contributed by atoms with E-state index in [9.17, 15) is 4.79 Å². The lowest BCUT2D eigenvalue weighted by Crippen LogP contribution is -2.36. The molecule has 33 heavy (non-hydrogen) atoms. The highest BCUT2D eigenvalue weighted by Crippen LogP contribution is 2.46. The first-order valence-corrected chi connectivity index (χ1v) is 11.3. The molecule has 2 aliphatic rings. The number of carbonyl (C=O) groups is 1. The quantitative estimate of drug-likeness (QED) is 0.437. The van der Waals surface area contributed by atoms with Crippen LogP contribution in [0.25, 0.3) is 11.1 Å². The number of nitrogens with zero attached hydrogens (tertiary/aromatic N) is 5. The molecule has 1 amide bonds. The van der Waals surface area contributed by atoms with Crippen molar-refractivity contribution in [3.63, 3.8) is 0 Å². The smallest absolute Gasteiger partial charge is 0.242 e. The predicted octanol–water partition coefficient (Wildman–Crippen LogP) is 3.81. The van der Waals surface area contributed by atoms with Crippen LogP contribution in [0.2, 0.25) is 0 Å². The number of carbonyl (C=O) groups excluding carboxylic acids is 1. The van der Waals surface area contributed by atoms with Gasteiger partial charge < -0.3 is 4.74 Å². The molecule has 0 saturated heterocycles. The van der Waals surface area contributed by atoms with Crippen LogP contribution in [0, 0.1) is 6.92 Å². The Morgan fingerprint density at radius 2 is 1.91 bits per heavy atom. The van der Waals surface area contributed by atoms with Crippen LogP contribution in [-0.2, 0) is 21.6 Å². The van der Waals surface area contributed by atoms with E-state index >= 15 is 0 Å². The molecule has 0 unspecified atom stereocenters. The normalized spacial score (nSPS) is 17.2. The summed E-state index contributed by atoms with van der Waals surface area (Å²) >= 11 is 0. The Kier molecular flexibility index (Phi) is 5.64. The summed E-state index contributed by atoms with van der Waals surface area (Å²) < 4.78 is 5.74. The molecule has 1 saturated carbocycles. The number of amides is 1. The average molecular weight is 445 g/mol. The van der Waals surface area contributed by atoms with E-state index in [1.165, 1.54) is 19.3 Å². The van der Waals surface area contributed by atoms with Crippen LogP contribution in [0.4, 0.5) is 11.5 Å². The van der Waals surface area contributed by atoms with Crippen LogP contribution in [0.1, 0.15) is 50.2 Å². The first-order chi connectivity index (χ1) is 15.9. The number of aryl methyl sites for hydroxylation is 1. The number of nitrogens with one attached hydrogen (secondary N) is 1. The van der Waals surface area contributed by atoms with Crippen molar-refractivity contribution in [1.29, 1.82) is 0 Å². The van der Waals surface area contributed by atoms with Gasteiger partial charge in [-0.1, -0.05) is 18.6 Å². The topological polar surface area (TPSA) is 93.1 Å². The molecule has 3 heterocycles. The zero-order valence-corrected chi connectivity index (χ0v) is 19.2. The second-order valence-corrected chi connectivity index (χ2v) is 9.21. The Morgan fingerprint density at radius 3 is 2.64 bits per heavy atom. The lowest BCUT2D eigenvalue weighted by molar-refractivity contribution is -0.121. The average Bonchev–Trinajstić information content (AvgIpc) is 2.98. The van der Waals surface area contributed by atoms with Gasteiger partial charge in [0.15, 0.2) is 5.82 Å². The van der Waals surface area contributed by atoms with Crippen LogP contribution >= 0.6 is 0 Å². The van der Waals surface area contributed by atoms with Crippen LogP contribution in [-0.4, -0.2) is 38.6 Å². The summed E-state index contributed by atoms with van der Waals surface area (Å²) in [5.41, 5.74) is 3.62. The highest BCUT2D eigenvalue weighted by atomic mass is 16.5. The van der Waals surface area contributed by atoms with Gasteiger partial charge in [-0.3, -0.25) is 20.0 Å². The molecular weight excluding hydrogens is 416 g/mol. The minimum atomic E-state index is -0.668. The predicted molar refractivity (Wildman–Crippen MR) is 125 cm³/mol. The summed E-state index contributed by atoms with van der Waals surface area (Å²) in [7, 11) is 0. The van der Waals surface area contributed by atoms with Crippen molar-refractivity contribution < 1.29 is 9.53 Å². The number of hydrogen-bond donors (Lipinski definition) is 1. The first-order valence-electron chi connectivity index (χ1n) is 11.3. The molecule has 3 aromatic rings. The molecule has 1 aliphatic carbocycles. The lowest BCUT2D eigenvalue weighted by atomic mass is 9.85. The van der Waals surface area contributed by atoms with Crippen molar-refractivity contribution in [2.75, 3.05) is 11.6 Å². The van der Waals surface area contributed by atoms with Gasteiger partial charge in [0.2, 0.25) is 5.91 Å². The Bertz CT molecular complexity index is 1170. The molecule has 0 spiro atoms. The molecular formula is C25H28N6O2. The fourth-order valence-corrected chi connectivity index (χ4v) is 4.21. The molecule has 2 aromatic heterocycles. The number of hydrogen-bond acceptors (Lipinski definition) is 7. The van der Waals surface area contributed by atoms with E-state index in [-0.39, 0.29) is 5.91 Å². The van der Waals surface area contributed by atoms with Crippen molar-refractivity contribution in [2.45, 2.75) is 58.1 Å². The summed E-state index contributed by atoms with van der Waals surface area (Å²) in [6, 6.07) is 6.59. The van der Waals surface area contributed by atoms with E-state index in [2.05, 4.69) is 20.3 Å². The van der Waals surface area contributed by atoms with Gasteiger partial charge in [-0.05, 0) is 50.8 Å². The molecule has 1 fully saturated rings. The summed E-state index contributed by atoms with van der Waals surface area (Å²) in [5, 5.41) is 3.37. The summed E-state index contributed by atoms with van der Waals surface area (Å²) in [4.78, 5) is 32.8. The number of anilines is 2. The Hall–Kier alpha value is -3.23. The van der Waals surface area contributed by atoms with E-state index in [0.717, 1.165) is 28.2 Å². The molecule has 8 nitrogen and oxygen atoms in total. The lowest BCUT2D eigenvalue weighted by Gasteiger charge is -2.26. The van der Waals surface area contributed by atoms with Crippen molar-refractivity contribution in [2.24, 2.45) is 0 Å². The summed E-state index contributed by atoms with van der Waals surface area (Å²) in [6.07, 6.45) is 10.6. The largest absolute Gasteiger partial charge is 0.360 e. The van der Waals surface area contributed by atoms with E-state index < -0.39 is 5.41 Å². The molecule has 0 atom stereocenters. The van der Waals surface area contributed by atoms with Crippen LogP contribution < -0.4 is 10.2 Å². The SMILES string of the molecule is Cc1ncc(-c2ccc3c(c2)N(c2cncc(COCNC4CCC4)n2)C(=O)C3(C)C)cn1. The number of fused-ring (bicyclic) bond motifs is 1. The van der Waals surface area contributed by atoms with Crippen LogP contribution in [0.15, 0.2) is 43.0 Å². The number of rotatable bonds is 7. The zero-order valence-electron chi connectivity index (χ0n) is 19.2. The summed E-state index contributed by atoms with van der Waals surface area (Å²) in [6.45, 7) is 6.55. The minimum absolute atomic E-state index is 0.0335. The molecule has 1 aliphatic heterocycles. The second kappa shape index (κ2) is 8.61. The summed E-state index contributed by atoms with van der Waals surface area (Å²) in [5.74, 6) is 1.18. The number of ether oxygens (including phenoxy) is 1. The maximum atomic E-state index is 13.5. The Morgan fingerprint density at radius 1 is 1.12 bits per heavy atom. The van der Waals surface area contributed by atoms with E-state index in [0.29, 0.717) is 30.9 Å². The van der Waals surface area contributed by atoms with Gasteiger partial charge in [0.25, 0.3) is 0 Å². The number of aromatic nitrogens is 4. The van der Waals surface area contributed by atoms with Crippen molar-refractivity contribution in [1.82, 2.24) is 25.3 Å². The molecule has 0 radical (unpaired) electrons. The van der Waals surface area contributed by atoms with E-state index in [4.69, 9.17) is 9.72 Å². The fourth-order valence-electron chi connectivity index (χ4n) is 4.21. The third kappa shape index (κ3) is 4.12. The van der Waals surface area contributed by atoms with Crippen LogP contribution in [0.3, 0.4) is 0 Å². The maximum absolute atomic E-state index is 13.5. The van der Waals surface area contributed by atoms with Gasteiger partial charge in [-0.15, -0.1) is 0 Å². The number of benzene rings is 1. The van der Waals surface area contributed by atoms with Crippen molar-refractivity contribution in [3.8, 4) is 11.1 Å². The van der Waals surface area contributed by atoms with Gasteiger partial charge in [0.05, 0.1) is 42.5 Å². The third-order valence-electron chi connectivity index (χ3n) is 6.49. The second-order valence-electron chi connectivity index (χ2n) is 9.21. The molecule has 5 rings (SSSR count). The standard InChI is InChI=1S/C25H28N6O2/c1-16-27-10-18(11-28-16)17-7-8-21-22(9-17)31(24(32)25(21,2)3)23-13-26-12-20(30-23)14-33-15-29-19-5-4-6-19/h7-13,19,29H,4-6,14-15H2,1-3H3. The highest BCUT2D eigenvalue weighted by Gasteiger charge is 2.45. The maximum Gasteiger partial charge on any atom is 0.242 e. The molecule has 0 bridgehead atoms. The molecule has 1 N–H and O–H groups in total. The van der Waals surface area contributed by atoms with Gasteiger partial charge in [0.1, 0.15) is 5.82 Å². The highest BCUT2D eigenvalue weighted by molar-refractivity contribution is 6.12. The Labute approximate surface area is 193 Å². The van der Waals surface area contributed by atoms with Gasteiger partial charge in [0, 0.05) is 24.0 Å². The van der Waals surface area contributed by atoms with Gasteiger partial charge >= 0.3 is 0 Å². The van der Waals surface area contributed by atoms with Gasteiger partial charge in [-0.2, -0.15) is 0 Å². The third-order valence-corrected chi connectivity index (χ3v) is 6.49. The minimum Gasteiger partial charge on any atom is -0.360 e.